The van der Waals surface area contributed by atoms with E-state index in [4.69, 9.17) is 5.11 Å². The number of rotatable bonds is 4. The Balaban J connectivity index is 2.07. The van der Waals surface area contributed by atoms with Gasteiger partial charge in [-0.2, -0.15) is 0 Å². The molecule has 0 aromatic heterocycles. The molecule has 1 aliphatic carbocycles. The lowest BCUT2D eigenvalue weighted by atomic mass is 10.0. The predicted octanol–water partition coefficient (Wildman–Crippen LogP) is 1.83. The molecular weight excluding hydrogens is 218 g/mol. The highest BCUT2D eigenvalue weighted by Gasteiger charge is 2.22. The maximum absolute atomic E-state index is 11.8. The number of hydrogen-bond donors (Lipinski definition) is 2. The Bertz CT molecular complexity index is 464. The first kappa shape index (κ1) is 11.6. The van der Waals surface area contributed by atoms with Gasteiger partial charge in [-0.3, -0.25) is 4.79 Å². The van der Waals surface area contributed by atoms with Gasteiger partial charge in [0.1, 0.15) is 0 Å². The Labute approximate surface area is 99.6 Å². The number of nitrogens with one attached hydrogen (secondary N) is 1. The van der Waals surface area contributed by atoms with Crippen LogP contribution in [0, 0.1) is 12.8 Å². The minimum absolute atomic E-state index is 0.128. The largest absolute Gasteiger partial charge is 0.478 e. The zero-order chi connectivity index (χ0) is 12.4. The highest BCUT2D eigenvalue weighted by molar-refractivity contribution is 5.96. The molecule has 0 radical (unpaired) electrons. The fraction of sp³-hybridized carbons (Fsp3) is 0.385. The third-order valence-corrected chi connectivity index (χ3v) is 2.97. The van der Waals surface area contributed by atoms with Gasteiger partial charge in [-0.15, -0.1) is 0 Å². The molecule has 1 fully saturated rings. The van der Waals surface area contributed by atoms with Crippen LogP contribution in [0.15, 0.2) is 18.2 Å². The molecule has 0 saturated heterocycles. The van der Waals surface area contributed by atoms with Gasteiger partial charge in [0.25, 0.3) is 5.91 Å². The Morgan fingerprint density at radius 3 is 2.65 bits per heavy atom. The number of aryl methyl sites for hydroxylation is 1. The summed E-state index contributed by atoms with van der Waals surface area (Å²) in [6, 6.07) is 4.65. The van der Waals surface area contributed by atoms with Crippen molar-refractivity contribution in [2.45, 2.75) is 19.8 Å². The summed E-state index contributed by atoms with van der Waals surface area (Å²) in [4.78, 5) is 22.6. The van der Waals surface area contributed by atoms with Crippen LogP contribution < -0.4 is 5.32 Å². The molecule has 1 aliphatic rings. The van der Waals surface area contributed by atoms with Crippen LogP contribution in [0.1, 0.15) is 39.1 Å². The molecule has 1 aromatic carbocycles. The zero-order valence-corrected chi connectivity index (χ0v) is 9.69. The average Bonchev–Trinajstić information content (AvgIpc) is 3.09. The Hall–Kier alpha value is -1.84. The number of carboxylic acids is 1. The Kier molecular flexibility index (Phi) is 3.13. The lowest BCUT2D eigenvalue weighted by molar-refractivity contribution is 0.0695. The van der Waals surface area contributed by atoms with Gasteiger partial charge in [0.2, 0.25) is 0 Å². The molecule has 0 unspecified atom stereocenters. The summed E-state index contributed by atoms with van der Waals surface area (Å²) in [6.07, 6.45) is 2.38. The topological polar surface area (TPSA) is 66.4 Å². The molecule has 1 amide bonds. The molecule has 4 nitrogen and oxygen atoms in total. The van der Waals surface area contributed by atoms with Gasteiger partial charge in [-0.1, -0.05) is 0 Å². The van der Waals surface area contributed by atoms with E-state index in [1.165, 1.54) is 18.9 Å². The summed E-state index contributed by atoms with van der Waals surface area (Å²) in [6.45, 7) is 2.42. The first-order valence-corrected chi connectivity index (χ1v) is 5.70. The second kappa shape index (κ2) is 4.57. The highest BCUT2D eigenvalue weighted by atomic mass is 16.4. The molecule has 90 valence electrons. The molecule has 1 saturated carbocycles. The molecule has 4 heteroatoms. The highest BCUT2D eigenvalue weighted by Crippen LogP contribution is 2.27. The van der Waals surface area contributed by atoms with Crippen molar-refractivity contribution in [2.75, 3.05) is 6.54 Å². The minimum Gasteiger partial charge on any atom is -0.478 e. The number of benzene rings is 1. The van der Waals surface area contributed by atoms with Crippen molar-refractivity contribution in [2.24, 2.45) is 5.92 Å². The smallest absolute Gasteiger partial charge is 0.335 e. The summed E-state index contributed by atoms with van der Waals surface area (Å²) in [5.74, 6) is -0.456. The molecule has 1 aromatic rings. The van der Waals surface area contributed by atoms with E-state index in [2.05, 4.69) is 5.32 Å². The zero-order valence-electron chi connectivity index (χ0n) is 9.69. The van der Waals surface area contributed by atoms with Crippen molar-refractivity contribution in [1.29, 1.82) is 0 Å². The van der Waals surface area contributed by atoms with Crippen LogP contribution in [0.25, 0.3) is 0 Å². The maximum atomic E-state index is 11.8. The van der Waals surface area contributed by atoms with E-state index in [9.17, 15) is 9.59 Å². The van der Waals surface area contributed by atoms with Gasteiger partial charge in [-0.05, 0) is 49.4 Å². The van der Waals surface area contributed by atoms with Gasteiger partial charge >= 0.3 is 5.97 Å². The maximum Gasteiger partial charge on any atom is 0.335 e. The van der Waals surface area contributed by atoms with Crippen LogP contribution in [0.2, 0.25) is 0 Å². The molecule has 2 N–H and O–H groups in total. The van der Waals surface area contributed by atoms with Crippen molar-refractivity contribution in [3.05, 3.63) is 34.9 Å². The van der Waals surface area contributed by atoms with Crippen LogP contribution in [0.3, 0.4) is 0 Å². The summed E-state index contributed by atoms with van der Waals surface area (Å²) >= 11 is 0. The monoisotopic (exact) mass is 233 g/mol. The van der Waals surface area contributed by atoms with Crippen LogP contribution in [0.5, 0.6) is 0 Å². The molecule has 0 bridgehead atoms. The van der Waals surface area contributed by atoms with Crippen molar-refractivity contribution in [1.82, 2.24) is 5.32 Å². The third-order valence-electron chi connectivity index (χ3n) is 2.97. The molecule has 0 atom stereocenters. The molecule has 2 rings (SSSR count). The number of carboxylic acid groups (broad SMARTS) is 1. The van der Waals surface area contributed by atoms with Crippen molar-refractivity contribution in [3.63, 3.8) is 0 Å². The average molecular weight is 233 g/mol. The number of amides is 1. The standard InChI is InChI=1S/C13H15NO3/c1-8-6-10(4-5-11(8)13(16)17)12(15)14-7-9-2-3-9/h4-6,9H,2-3,7H2,1H3,(H,14,15)(H,16,17). The lowest BCUT2D eigenvalue weighted by Crippen LogP contribution is -2.25. The molecule has 17 heavy (non-hydrogen) atoms. The van der Waals surface area contributed by atoms with Crippen molar-refractivity contribution in [3.8, 4) is 0 Å². The molecule has 0 heterocycles. The van der Waals surface area contributed by atoms with Crippen LogP contribution in [0.4, 0.5) is 0 Å². The third kappa shape index (κ3) is 2.84. The van der Waals surface area contributed by atoms with Crippen molar-refractivity contribution >= 4 is 11.9 Å². The Morgan fingerprint density at radius 2 is 2.12 bits per heavy atom. The second-order valence-corrected chi connectivity index (χ2v) is 4.49. The number of aromatic carboxylic acids is 1. The summed E-state index contributed by atoms with van der Waals surface area (Å²) in [5, 5.41) is 11.7. The SMILES string of the molecule is Cc1cc(C(=O)NCC2CC2)ccc1C(=O)O. The van der Waals surface area contributed by atoms with Crippen LogP contribution in [-0.4, -0.2) is 23.5 Å². The van der Waals surface area contributed by atoms with E-state index in [0.29, 0.717) is 17.0 Å². The lowest BCUT2D eigenvalue weighted by Gasteiger charge is -2.06. The van der Waals surface area contributed by atoms with E-state index in [1.807, 2.05) is 0 Å². The van der Waals surface area contributed by atoms with Gasteiger partial charge < -0.3 is 10.4 Å². The van der Waals surface area contributed by atoms with E-state index in [1.54, 1.807) is 19.1 Å². The molecule has 0 spiro atoms. The van der Waals surface area contributed by atoms with Crippen LogP contribution >= 0.6 is 0 Å². The first-order valence-electron chi connectivity index (χ1n) is 5.70. The second-order valence-electron chi connectivity index (χ2n) is 4.49. The van der Waals surface area contributed by atoms with Gasteiger partial charge in [0.05, 0.1) is 5.56 Å². The first-order chi connectivity index (χ1) is 8.08. The van der Waals surface area contributed by atoms with Crippen molar-refractivity contribution < 1.29 is 14.7 Å². The summed E-state index contributed by atoms with van der Waals surface area (Å²) < 4.78 is 0. The summed E-state index contributed by atoms with van der Waals surface area (Å²) in [7, 11) is 0. The fourth-order valence-electron chi connectivity index (χ4n) is 1.71. The van der Waals surface area contributed by atoms with E-state index in [-0.39, 0.29) is 11.5 Å². The van der Waals surface area contributed by atoms with Crippen LogP contribution in [-0.2, 0) is 0 Å². The van der Waals surface area contributed by atoms with Gasteiger partial charge in [0, 0.05) is 12.1 Å². The normalized spacial score (nSPS) is 14.4. The number of carbonyl (C=O) groups is 2. The minimum atomic E-state index is -0.965. The fourth-order valence-corrected chi connectivity index (χ4v) is 1.71. The van der Waals surface area contributed by atoms with Gasteiger partial charge in [-0.25, -0.2) is 4.79 Å². The summed E-state index contributed by atoms with van der Waals surface area (Å²) in [5.41, 5.74) is 1.37. The Morgan fingerprint density at radius 1 is 1.41 bits per heavy atom. The van der Waals surface area contributed by atoms with E-state index >= 15 is 0 Å². The molecular formula is C13H15NO3. The van der Waals surface area contributed by atoms with E-state index < -0.39 is 5.97 Å². The predicted molar refractivity (Wildman–Crippen MR) is 63.2 cm³/mol. The number of hydrogen-bond acceptors (Lipinski definition) is 2. The van der Waals surface area contributed by atoms with E-state index in [0.717, 1.165) is 6.54 Å². The van der Waals surface area contributed by atoms with Gasteiger partial charge in [0.15, 0.2) is 0 Å². The molecule has 0 aliphatic heterocycles. The number of carbonyl (C=O) groups excluding carboxylic acids is 1. The quantitative estimate of drug-likeness (QED) is 0.833.